The first-order chi connectivity index (χ1) is 11.1. The molecular weight excluding hydrogens is 289 g/mol. The molecule has 1 aromatic heterocycles. The first-order valence-corrected chi connectivity index (χ1v) is 7.54. The largest absolute Gasteiger partial charge is 0.392 e. The van der Waals surface area contributed by atoms with Gasteiger partial charge in [-0.3, -0.25) is 4.98 Å². The van der Waals surface area contributed by atoms with Crippen molar-refractivity contribution in [2.24, 2.45) is 0 Å². The van der Waals surface area contributed by atoms with Gasteiger partial charge in [-0.1, -0.05) is 42.5 Å². The number of rotatable bonds is 3. The molecule has 3 heteroatoms. The van der Waals surface area contributed by atoms with Crippen molar-refractivity contribution in [3.05, 3.63) is 77.4 Å². The van der Waals surface area contributed by atoms with Crippen LogP contribution in [0.15, 0.2) is 54.6 Å². The van der Waals surface area contributed by atoms with Crippen molar-refractivity contribution < 1.29 is 9.50 Å². The predicted molar refractivity (Wildman–Crippen MR) is 90.5 cm³/mol. The van der Waals surface area contributed by atoms with E-state index < -0.39 is 0 Å². The smallest absolute Gasteiger partial charge is 0.123 e. The van der Waals surface area contributed by atoms with Crippen molar-refractivity contribution in [3.8, 4) is 22.3 Å². The minimum atomic E-state index is -0.275. The lowest BCUT2D eigenvalue weighted by Gasteiger charge is -2.18. The number of nitrogens with zero attached hydrogens (tertiary/aromatic N) is 1. The van der Waals surface area contributed by atoms with Crippen LogP contribution in [0.4, 0.5) is 4.39 Å². The van der Waals surface area contributed by atoms with Gasteiger partial charge in [0.2, 0.25) is 0 Å². The normalized spacial score (nSPS) is 10.8. The van der Waals surface area contributed by atoms with Gasteiger partial charge >= 0.3 is 0 Å². The van der Waals surface area contributed by atoms with Gasteiger partial charge in [0.05, 0.1) is 6.61 Å². The summed E-state index contributed by atoms with van der Waals surface area (Å²) < 4.78 is 13.3. The monoisotopic (exact) mass is 307 g/mol. The van der Waals surface area contributed by atoms with E-state index in [2.05, 4.69) is 4.98 Å². The lowest BCUT2D eigenvalue weighted by Crippen LogP contribution is -2.03. The highest BCUT2D eigenvalue weighted by Gasteiger charge is 2.18. The van der Waals surface area contributed by atoms with Crippen LogP contribution in [0.3, 0.4) is 0 Å². The molecule has 0 radical (unpaired) electrons. The molecular formula is C20H18FNO. The number of halogens is 1. The molecule has 0 fully saturated rings. The third kappa shape index (κ3) is 2.88. The van der Waals surface area contributed by atoms with Crippen molar-refractivity contribution in [1.82, 2.24) is 4.98 Å². The fourth-order valence-electron chi connectivity index (χ4n) is 2.97. The van der Waals surface area contributed by atoms with Crippen LogP contribution >= 0.6 is 0 Å². The molecule has 0 amide bonds. The summed E-state index contributed by atoms with van der Waals surface area (Å²) in [4.78, 5) is 4.59. The summed E-state index contributed by atoms with van der Waals surface area (Å²) in [6, 6.07) is 16.3. The number of aliphatic hydroxyl groups is 1. The third-order valence-electron chi connectivity index (χ3n) is 4.04. The maximum atomic E-state index is 13.3. The Morgan fingerprint density at radius 2 is 1.43 bits per heavy atom. The molecule has 1 N–H and O–H groups in total. The van der Waals surface area contributed by atoms with Crippen molar-refractivity contribution in [1.29, 1.82) is 0 Å². The van der Waals surface area contributed by atoms with Gasteiger partial charge in [0.1, 0.15) is 5.82 Å². The molecule has 3 aromatic rings. The average molecular weight is 307 g/mol. The van der Waals surface area contributed by atoms with Gasteiger partial charge in [-0.05, 0) is 42.7 Å². The quantitative estimate of drug-likeness (QED) is 0.763. The number of hydrogen-bond acceptors (Lipinski definition) is 2. The van der Waals surface area contributed by atoms with E-state index in [1.54, 1.807) is 12.1 Å². The van der Waals surface area contributed by atoms with Crippen LogP contribution in [0.1, 0.15) is 17.0 Å². The van der Waals surface area contributed by atoms with Crippen LogP contribution in [-0.2, 0) is 6.61 Å². The highest BCUT2D eigenvalue weighted by Crippen LogP contribution is 2.38. The van der Waals surface area contributed by atoms with Crippen molar-refractivity contribution in [2.75, 3.05) is 0 Å². The summed E-state index contributed by atoms with van der Waals surface area (Å²) in [5, 5.41) is 9.86. The average Bonchev–Trinajstić information content (AvgIpc) is 2.56. The van der Waals surface area contributed by atoms with Crippen molar-refractivity contribution in [3.63, 3.8) is 0 Å². The molecule has 2 nitrogen and oxygen atoms in total. The van der Waals surface area contributed by atoms with Crippen LogP contribution in [-0.4, -0.2) is 10.1 Å². The highest BCUT2D eigenvalue weighted by molar-refractivity contribution is 5.87. The van der Waals surface area contributed by atoms with E-state index >= 15 is 0 Å². The molecule has 0 aliphatic heterocycles. The molecule has 3 rings (SSSR count). The summed E-state index contributed by atoms with van der Waals surface area (Å²) in [6.45, 7) is 3.75. The molecule has 0 saturated carbocycles. The van der Waals surface area contributed by atoms with Crippen LogP contribution in [0.25, 0.3) is 22.3 Å². The zero-order valence-electron chi connectivity index (χ0n) is 13.2. The first kappa shape index (κ1) is 15.4. The summed E-state index contributed by atoms with van der Waals surface area (Å²) in [5.74, 6) is -0.275. The molecule has 0 aliphatic rings. The van der Waals surface area contributed by atoms with Crippen molar-refractivity contribution in [2.45, 2.75) is 20.5 Å². The fraction of sp³-hybridized carbons (Fsp3) is 0.150. The van der Waals surface area contributed by atoms with Gasteiger partial charge in [0.15, 0.2) is 0 Å². The zero-order chi connectivity index (χ0) is 16.4. The molecule has 0 atom stereocenters. The molecule has 0 unspecified atom stereocenters. The second-order valence-electron chi connectivity index (χ2n) is 5.54. The topological polar surface area (TPSA) is 33.1 Å². The Morgan fingerprint density at radius 1 is 0.826 bits per heavy atom. The minimum absolute atomic E-state index is 0.105. The Balaban J connectivity index is 2.37. The number of aryl methyl sites for hydroxylation is 2. The lowest BCUT2D eigenvalue weighted by atomic mass is 9.89. The molecule has 0 spiro atoms. The molecule has 116 valence electrons. The summed E-state index contributed by atoms with van der Waals surface area (Å²) in [5.41, 5.74) is 6.28. The number of benzene rings is 2. The second kappa shape index (κ2) is 6.31. The number of aliphatic hydroxyl groups excluding tert-OH is 1. The fourth-order valence-corrected chi connectivity index (χ4v) is 2.97. The summed E-state index contributed by atoms with van der Waals surface area (Å²) >= 11 is 0. The van der Waals surface area contributed by atoms with Crippen LogP contribution < -0.4 is 0 Å². The molecule has 1 heterocycles. The zero-order valence-corrected chi connectivity index (χ0v) is 13.2. The van der Waals surface area contributed by atoms with E-state index in [1.165, 1.54) is 12.1 Å². The van der Waals surface area contributed by atoms with Gasteiger partial charge in [0.25, 0.3) is 0 Å². The van der Waals surface area contributed by atoms with Crippen LogP contribution in [0.2, 0.25) is 0 Å². The second-order valence-corrected chi connectivity index (χ2v) is 5.54. The number of hydrogen-bond donors (Lipinski definition) is 1. The lowest BCUT2D eigenvalue weighted by molar-refractivity contribution is 0.281. The maximum Gasteiger partial charge on any atom is 0.123 e. The molecule has 0 bridgehead atoms. The van der Waals surface area contributed by atoms with E-state index in [9.17, 15) is 9.50 Å². The van der Waals surface area contributed by atoms with Gasteiger partial charge in [0, 0.05) is 22.5 Å². The van der Waals surface area contributed by atoms with Crippen molar-refractivity contribution >= 4 is 0 Å². The molecule has 0 saturated heterocycles. The van der Waals surface area contributed by atoms with Gasteiger partial charge in [-0.15, -0.1) is 0 Å². The predicted octanol–water partition coefficient (Wildman–Crippen LogP) is 4.66. The molecule has 23 heavy (non-hydrogen) atoms. The Bertz CT molecular complexity index is 827. The highest BCUT2D eigenvalue weighted by atomic mass is 19.1. The van der Waals surface area contributed by atoms with Gasteiger partial charge < -0.3 is 5.11 Å². The van der Waals surface area contributed by atoms with E-state index in [0.29, 0.717) is 0 Å². The third-order valence-corrected chi connectivity index (χ3v) is 4.04. The Morgan fingerprint density at radius 3 is 2.04 bits per heavy atom. The Kier molecular flexibility index (Phi) is 4.22. The van der Waals surface area contributed by atoms with E-state index in [4.69, 9.17) is 0 Å². The van der Waals surface area contributed by atoms with Gasteiger partial charge in [-0.2, -0.15) is 0 Å². The number of pyridine rings is 1. The Hall–Kier alpha value is -2.52. The SMILES string of the molecule is Cc1nc(C)c(-c2ccccc2)c(-c2ccc(F)cc2)c1CO. The van der Waals surface area contributed by atoms with E-state index in [1.807, 2.05) is 44.2 Å². The molecule has 2 aromatic carbocycles. The van der Waals surface area contributed by atoms with E-state index in [0.717, 1.165) is 39.2 Å². The van der Waals surface area contributed by atoms with E-state index in [-0.39, 0.29) is 12.4 Å². The first-order valence-electron chi connectivity index (χ1n) is 7.54. The molecule has 0 aliphatic carbocycles. The van der Waals surface area contributed by atoms with Crippen LogP contribution in [0, 0.1) is 19.7 Å². The Labute approximate surface area is 135 Å². The minimum Gasteiger partial charge on any atom is -0.392 e. The van der Waals surface area contributed by atoms with Crippen LogP contribution in [0.5, 0.6) is 0 Å². The maximum absolute atomic E-state index is 13.3. The summed E-state index contributed by atoms with van der Waals surface area (Å²) in [6.07, 6.45) is 0. The number of aromatic nitrogens is 1. The van der Waals surface area contributed by atoms with Gasteiger partial charge in [-0.25, -0.2) is 4.39 Å². The summed E-state index contributed by atoms with van der Waals surface area (Å²) in [7, 11) is 0. The standard InChI is InChI=1S/C20H18FNO/c1-13-18(12-23)20(16-8-10-17(21)11-9-16)19(14(2)22-13)15-6-4-3-5-7-15/h3-11,23H,12H2,1-2H3.